The molecule has 0 amide bonds. The zero-order valence-electron chi connectivity index (χ0n) is 11.0. The zero-order chi connectivity index (χ0) is 12.3. The first-order chi connectivity index (χ1) is 7.74. The van der Waals surface area contributed by atoms with Crippen molar-refractivity contribution in [2.75, 3.05) is 20.8 Å². The molecule has 0 aromatic carbocycles. The molecule has 0 fully saturated rings. The van der Waals surface area contributed by atoms with Crippen molar-refractivity contribution in [1.29, 1.82) is 0 Å². The van der Waals surface area contributed by atoms with Crippen molar-refractivity contribution < 1.29 is 13.3 Å². The van der Waals surface area contributed by atoms with E-state index in [0.29, 0.717) is 6.61 Å². The molecule has 0 aromatic rings. The summed E-state index contributed by atoms with van der Waals surface area (Å²) in [5.41, 5.74) is 1.67. The summed E-state index contributed by atoms with van der Waals surface area (Å²) >= 11 is 0. The Morgan fingerprint density at radius 1 is 1.00 bits per heavy atom. The van der Waals surface area contributed by atoms with Crippen LogP contribution in [-0.2, 0) is 13.3 Å². The van der Waals surface area contributed by atoms with Gasteiger partial charge in [0.05, 0.1) is 0 Å². The van der Waals surface area contributed by atoms with Crippen LogP contribution in [0.25, 0.3) is 0 Å². The standard InChI is InChI=1S/C12H26O3Si/c1-5-7-8-9-10-11-12-15-16(6-2,13-3)14-4/h6H,2,5,7-12H2,1,3-4H3. The van der Waals surface area contributed by atoms with Crippen molar-refractivity contribution in [3.8, 4) is 0 Å². The highest BCUT2D eigenvalue weighted by Crippen LogP contribution is 2.11. The third kappa shape index (κ3) is 6.43. The van der Waals surface area contributed by atoms with Crippen molar-refractivity contribution in [3.05, 3.63) is 12.3 Å². The van der Waals surface area contributed by atoms with Crippen molar-refractivity contribution in [1.82, 2.24) is 0 Å². The van der Waals surface area contributed by atoms with E-state index >= 15 is 0 Å². The van der Waals surface area contributed by atoms with Crippen LogP contribution in [0.15, 0.2) is 12.3 Å². The summed E-state index contributed by atoms with van der Waals surface area (Å²) in [7, 11) is 0.691. The Kier molecular flexibility index (Phi) is 9.92. The molecule has 0 N–H and O–H groups in total. The SMILES string of the molecule is C=C[Si](OC)(OC)OCCCCCCCC. The Morgan fingerprint density at radius 3 is 2.06 bits per heavy atom. The van der Waals surface area contributed by atoms with Gasteiger partial charge in [0.1, 0.15) is 0 Å². The molecule has 0 radical (unpaired) electrons. The van der Waals surface area contributed by atoms with E-state index in [1.54, 1.807) is 19.9 Å². The van der Waals surface area contributed by atoms with Gasteiger partial charge in [0.2, 0.25) is 0 Å². The van der Waals surface area contributed by atoms with E-state index in [2.05, 4.69) is 13.5 Å². The van der Waals surface area contributed by atoms with Gasteiger partial charge < -0.3 is 13.3 Å². The second kappa shape index (κ2) is 10.0. The average Bonchev–Trinajstić information content (AvgIpc) is 2.34. The van der Waals surface area contributed by atoms with Gasteiger partial charge in [0.25, 0.3) is 0 Å². The Balaban J connectivity index is 3.52. The monoisotopic (exact) mass is 246 g/mol. The van der Waals surface area contributed by atoms with Crippen LogP contribution in [0, 0.1) is 0 Å². The van der Waals surface area contributed by atoms with E-state index in [4.69, 9.17) is 13.3 Å². The fourth-order valence-electron chi connectivity index (χ4n) is 1.52. The van der Waals surface area contributed by atoms with Crippen molar-refractivity contribution in [3.63, 3.8) is 0 Å². The molecule has 96 valence electrons. The fraction of sp³-hybridized carbons (Fsp3) is 0.833. The molecule has 0 saturated carbocycles. The van der Waals surface area contributed by atoms with Gasteiger partial charge in [-0.15, -0.1) is 0 Å². The molecule has 0 aromatic heterocycles. The number of hydrogen-bond acceptors (Lipinski definition) is 3. The average molecular weight is 246 g/mol. The topological polar surface area (TPSA) is 27.7 Å². The first-order valence-corrected chi connectivity index (χ1v) is 7.92. The summed E-state index contributed by atoms with van der Waals surface area (Å²) in [6.45, 7) is 6.63. The van der Waals surface area contributed by atoms with Gasteiger partial charge in [-0.1, -0.05) is 45.6 Å². The second-order valence-electron chi connectivity index (χ2n) is 3.83. The first kappa shape index (κ1) is 15.8. The second-order valence-corrected chi connectivity index (χ2v) is 6.55. The molecular weight excluding hydrogens is 220 g/mol. The highest BCUT2D eigenvalue weighted by Gasteiger charge is 2.34. The number of hydrogen-bond donors (Lipinski definition) is 0. The minimum absolute atomic E-state index is 0.700. The summed E-state index contributed by atoms with van der Waals surface area (Å²) in [5, 5.41) is 0. The number of unbranched alkanes of at least 4 members (excludes halogenated alkanes) is 5. The molecule has 0 heterocycles. The smallest absolute Gasteiger partial charge is 0.374 e. The summed E-state index contributed by atoms with van der Waals surface area (Å²) in [4.78, 5) is 0. The van der Waals surface area contributed by atoms with Gasteiger partial charge in [0, 0.05) is 20.8 Å². The van der Waals surface area contributed by atoms with Gasteiger partial charge in [-0.25, -0.2) is 0 Å². The molecule has 3 nitrogen and oxygen atoms in total. The van der Waals surface area contributed by atoms with Gasteiger partial charge in [0.15, 0.2) is 0 Å². The lowest BCUT2D eigenvalue weighted by atomic mass is 10.1. The van der Waals surface area contributed by atoms with Crippen LogP contribution in [0.5, 0.6) is 0 Å². The van der Waals surface area contributed by atoms with Gasteiger partial charge in [-0.2, -0.15) is 0 Å². The van der Waals surface area contributed by atoms with E-state index in [1.165, 1.54) is 32.1 Å². The molecule has 4 heteroatoms. The van der Waals surface area contributed by atoms with Gasteiger partial charge >= 0.3 is 8.80 Å². The Bertz CT molecular complexity index is 170. The van der Waals surface area contributed by atoms with Crippen LogP contribution >= 0.6 is 0 Å². The van der Waals surface area contributed by atoms with E-state index in [9.17, 15) is 0 Å². The van der Waals surface area contributed by atoms with Crippen molar-refractivity contribution >= 4 is 8.80 Å². The van der Waals surface area contributed by atoms with Crippen LogP contribution in [-0.4, -0.2) is 29.6 Å². The molecule has 0 bridgehead atoms. The lowest BCUT2D eigenvalue weighted by Crippen LogP contribution is -2.42. The highest BCUT2D eigenvalue weighted by molar-refractivity contribution is 6.66. The molecule has 0 atom stereocenters. The van der Waals surface area contributed by atoms with Crippen LogP contribution in [0.4, 0.5) is 0 Å². The third-order valence-electron chi connectivity index (χ3n) is 2.62. The minimum Gasteiger partial charge on any atom is -0.374 e. The molecule has 16 heavy (non-hydrogen) atoms. The predicted octanol–water partition coefficient (Wildman–Crippen LogP) is 3.32. The highest BCUT2D eigenvalue weighted by atomic mass is 28.4. The Labute approximate surface area is 101 Å². The lowest BCUT2D eigenvalue weighted by Gasteiger charge is -2.22. The molecule has 0 aliphatic heterocycles. The molecule has 0 unspecified atom stereocenters. The first-order valence-electron chi connectivity index (χ1n) is 6.12. The molecule has 0 rings (SSSR count). The van der Waals surface area contributed by atoms with Gasteiger partial charge in [-0.3, -0.25) is 0 Å². The molecule has 0 spiro atoms. The predicted molar refractivity (Wildman–Crippen MR) is 69.3 cm³/mol. The van der Waals surface area contributed by atoms with E-state index in [-0.39, 0.29) is 0 Å². The molecule has 0 aliphatic rings. The maximum Gasteiger partial charge on any atom is 0.528 e. The fourth-order valence-corrected chi connectivity index (χ4v) is 2.81. The van der Waals surface area contributed by atoms with E-state index < -0.39 is 8.80 Å². The van der Waals surface area contributed by atoms with E-state index in [1.807, 2.05) is 0 Å². The zero-order valence-corrected chi connectivity index (χ0v) is 12.0. The number of rotatable bonds is 11. The summed E-state index contributed by atoms with van der Waals surface area (Å²) in [6.07, 6.45) is 7.53. The van der Waals surface area contributed by atoms with Crippen molar-refractivity contribution in [2.24, 2.45) is 0 Å². The van der Waals surface area contributed by atoms with Crippen LogP contribution in [0.2, 0.25) is 0 Å². The van der Waals surface area contributed by atoms with Crippen LogP contribution in [0.3, 0.4) is 0 Å². The van der Waals surface area contributed by atoms with E-state index in [0.717, 1.165) is 6.42 Å². The quantitative estimate of drug-likeness (QED) is 0.413. The minimum atomic E-state index is -2.53. The molecule has 0 aliphatic carbocycles. The maximum atomic E-state index is 5.66. The lowest BCUT2D eigenvalue weighted by molar-refractivity contribution is 0.110. The molecule has 0 saturated heterocycles. The normalized spacial score (nSPS) is 11.7. The van der Waals surface area contributed by atoms with Crippen LogP contribution in [0.1, 0.15) is 45.4 Å². The summed E-state index contributed by atoms with van der Waals surface area (Å²) < 4.78 is 16.2. The summed E-state index contributed by atoms with van der Waals surface area (Å²) in [6, 6.07) is 0. The maximum absolute atomic E-state index is 5.66. The van der Waals surface area contributed by atoms with Crippen molar-refractivity contribution in [2.45, 2.75) is 45.4 Å². The van der Waals surface area contributed by atoms with Gasteiger partial charge in [-0.05, 0) is 12.1 Å². The Morgan fingerprint density at radius 2 is 1.56 bits per heavy atom. The third-order valence-corrected chi connectivity index (χ3v) is 4.86. The molecular formula is C12H26O3Si. The summed E-state index contributed by atoms with van der Waals surface area (Å²) in [5.74, 6) is 0. The van der Waals surface area contributed by atoms with Crippen LogP contribution < -0.4 is 0 Å². The Hall–Kier alpha value is -0.163. The largest absolute Gasteiger partial charge is 0.528 e.